The summed E-state index contributed by atoms with van der Waals surface area (Å²) in [6, 6.07) is 8.74. The number of likely N-dealkylation sites (tertiary alicyclic amines) is 1. The second kappa shape index (κ2) is 11.4. The molecule has 0 spiro atoms. The number of carbonyl (C=O) groups excluding carboxylic acids is 1. The molecule has 6 nitrogen and oxygen atoms in total. The molecular weight excluding hydrogens is 388 g/mol. The van der Waals surface area contributed by atoms with Crippen LogP contribution in [0.4, 0.5) is 0 Å². The van der Waals surface area contributed by atoms with E-state index in [-0.39, 0.29) is 17.2 Å². The van der Waals surface area contributed by atoms with Gasteiger partial charge in [-0.15, -0.1) is 0 Å². The number of hydrogen-bond donors (Lipinski definition) is 2. The van der Waals surface area contributed by atoms with Crippen molar-refractivity contribution in [2.24, 2.45) is 16.8 Å². The molecule has 1 heterocycles. The van der Waals surface area contributed by atoms with Gasteiger partial charge in [0.1, 0.15) is 5.75 Å². The van der Waals surface area contributed by atoms with Crippen molar-refractivity contribution in [2.45, 2.75) is 65.8 Å². The number of guanidine groups is 1. The molecule has 0 bridgehead atoms. The van der Waals surface area contributed by atoms with Crippen LogP contribution in [-0.2, 0) is 10.2 Å². The van der Waals surface area contributed by atoms with Crippen molar-refractivity contribution in [1.29, 1.82) is 0 Å². The van der Waals surface area contributed by atoms with E-state index in [2.05, 4.69) is 67.6 Å². The Kier molecular flexibility index (Phi) is 9.20. The van der Waals surface area contributed by atoms with Crippen molar-refractivity contribution in [3.05, 3.63) is 29.8 Å². The van der Waals surface area contributed by atoms with E-state index in [9.17, 15) is 4.79 Å². The highest BCUT2D eigenvalue weighted by atomic mass is 16.5. The maximum Gasteiger partial charge on any atom is 0.225 e. The Labute approximate surface area is 188 Å². The van der Waals surface area contributed by atoms with Crippen LogP contribution >= 0.6 is 0 Å². The normalized spacial score (nSPS) is 16.0. The number of hydrogen-bond acceptors (Lipinski definition) is 3. The zero-order valence-electron chi connectivity index (χ0n) is 20.5. The van der Waals surface area contributed by atoms with Crippen LogP contribution in [0.3, 0.4) is 0 Å². The SMILES string of the molecule is CN=C(NCC(C)(C)c1ccc(OCC(C)C)cc1)NC1CCN(C(=O)C(C)C)CC1. The fourth-order valence-corrected chi connectivity index (χ4v) is 3.67. The Morgan fingerprint density at radius 2 is 1.77 bits per heavy atom. The van der Waals surface area contributed by atoms with E-state index >= 15 is 0 Å². The van der Waals surface area contributed by atoms with E-state index in [4.69, 9.17) is 4.74 Å². The summed E-state index contributed by atoms with van der Waals surface area (Å²) in [5, 5.41) is 7.03. The third-order valence-corrected chi connectivity index (χ3v) is 5.78. The van der Waals surface area contributed by atoms with Crippen molar-refractivity contribution >= 4 is 11.9 Å². The summed E-state index contributed by atoms with van der Waals surface area (Å²) in [6.45, 7) is 15.8. The maximum absolute atomic E-state index is 12.2. The second-order valence-corrected chi connectivity index (χ2v) is 9.94. The predicted molar refractivity (Wildman–Crippen MR) is 129 cm³/mol. The van der Waals surface area contributed by atoms with E-state index in [1.165, 1.54) is 5.56 Å². The van der Waals surface area contributed by atoms with Gasteiger partial charge in [-0.2, -0.15) is 0 Å². The summed E-state index contributed by atoms with van der Waals surface area (Å²) in [6.07, 6.45) is 1.89. The van der Waals surface area contributed by atoms with Crippen LogP contribution in [0.25, 0.3) is 0 Å². The highest BCUT2D eigenvalue weighted by Crippen LogP contribution is 2.25. The molecule has 1 aliphatic rings. The van der Waals surface area contributed by atoms with Gasteiger partial charge in [0.2, 0.25) is 5.91 Å². The molecule has 0 radical (unpaired) electrons. The molecule has 6 heteroatoms. The van der Waals surface area contributed by atoms with Crippen LogP contribution in [0.15, 0.2) is 29.3 Å². The molecule has 1 fully saturated rings. The van der Waals surface area contributed by atoms with Gasteiger partial charge in [0.05, 0.1) is 6.61 Å². The molecule has 31 heavy (non-hydrogen) atoms. The summed E-state index contributed by atoms with van der Waals surface area (Å²) in [7, 11) is 1.81. The molecule has 0 aliphatic carbocycles. The summed E-state index contributed by atoms with van der Waals surface area (Å²) >= 11 is 0. The average molecular weight is 431 g/mol. The van der Waals surface area contributed by atoms with Crippen LogP contribution < -0.4 is 15.4 Å². The number of benzene rings is 1. The fraction of sp³-hybridized carbons (Fsp3) is 0.680. The number of nitrogens with one attached hydrogen (secondary N) is 2. The van der Waals surface area contributed by atoms with Crippen LogP contribution in [0.2, 0.25) is 0 Å². The van der Waals surface area contributed by atoms with Gasteiger partial charge in [-0.25, -0.2) is 0 Å². The van der Waals surface area contributed by atoms with E-state index in [0.29, 0.717) is 12.0 Å². The smallest absolute Gasteiger partial charge is 0.225 e. The Morgan fingerprint density at radius 1 is 1.16 bits per heavy atom. The first-order valence-electron chi connectivity index (χ1n) is 11.6. The lowest BCUT2D eigenvalue weighted by Gasteiger charge is -2.34. The lowest BCUT2D eigenvalue weighted by atomic mass is 9.84. The Hall–Kier alpha value is -2.24. The van der Waals surface area contributed by atoms with Crippen molar-refractivity contribution in [1.82, 2.24) is 15.5 Å². The fourth-order valence-electron chi connectivity index (χ4n) is 3.67. The van der Waals surface area contributed by atoms with Gasteiger partial charge in [-0.1, -0.05) is 53.7 Å². The average Bonchev–Trinajstić information content (AvgIpc) is 2.75. The minimum absolute atomic E-state index is 0.0543. The van der Waals surface area contributed by atoms with E-state index in [1.807, 2.05) is 18.7 Å². The zero-order valence-corrected chi connectivity index (χ0v) is 20.5. The number of aliphatic imine (C=N–C) groups is 1. The highest BCUT2D eigenvalue weighted by molar-refractivity contribution is 5.80. The zero-order chi connectivity index (χ0) is 23.0. The van der Waals surface area contributed by atoms with Gasteiger partial charge < -0.3 is 20.3 Å². The molecule has 0 saturated carbocycles. The maximum atomic E-state index is 12.2. The first-order chi connectivity index (χ1) is 14.6. The van der Waals surface area contributed by atoms with E-state index < -0.39 is 0 Å². The number of ether oxygens (including phenoxy) is 1. The summed E-state index contributed by atoms with van der Waals surface area (Å²) in [5.41, 5.74) is 1.20. The van der Waals surface area contributed by atoms with Gasteiger partial charge in [0.15, 0.2) is 5.96 Å². The predicted octanol–water partition coefficient (Wildman–Crippen LogP) is 3.81. The van der Waals surface area contributed by atoms with Crippen molar-refractivity contribution < 1.29 is 9.53 Å². The standard InChI is InChI=1S/C25H42N4O2/c1-18(2)16-31-22-10-8-20(9-11-22)25(5,6)17-27-24(26-7)28-21-12-14-29(15-13-21)23(30)19(3)4/h8-11,18-19,21H,12-17H2,1-7H3,(H2,26,27,28). The highest BCUT2D eigenvalue weighted by Gasteiger charge is 2.26. The van der Waals surface area contributed by atoms with E-state index in [1.54, 1.807) is 7.05 Å². The molecule has 1 saturated heterocycles. The van der Waals surface area contributed by atoms with Crippen LogP contribution in [0.1, 0.15) is 59.9 Å². The van der Waals surface area contributed by atoms with Crippen LogP contribution in [0, 0.1) is 11.8 Å². The van der Waals surface area contributed by atoms with Gasteiger partial charge in [0, 0.05) is 44.1 Å². The lowest BCUT2D eigenvalue weighted by Crippen LogP contribution is -2.51. The monoisotopic (exact) mass is 430 g/mol. The molecule has 2 N–H and O–H groups in total. The first kappa shape index (κ1) is 25.0. The minimum atomic E-state index is -0.0543. The number of nitrogens with zero attached hydrogens (tertiary/aromatic N) is 2. The van der Waals surface area contributed by atoms with E-state index in [0.717, 1.165) is 50.8 Å². The lowest BCUT2D eigenvalue weighted by molar-refractivity contribution is -0.135. The van der Waals surface area contributed by atoms with Crippen molar-refractivity contribution in [2.75, 3.05) is 33.3 Å². The van der Waals surface area contributed by atoms with Crippen molar-refractivity contribution in [3.8, 4) is 5.75 Å². The molecule has 1 amide bonds. The topological polar surface area (TPSA) is 66.0 Å². The molecule has 0 aromatic heterocycles. The first-order valence-corrected chi connectivity index (χ1v) is 11.6. The third kappa shape index (κ3) is 7.75. The minimum Gasteiger partial charge on any atom is -0.493 e. The summed E-state index contributed by atoms with van der Waals surface area (Å²) in [4.78, 5) is 18.6. The molecule has 0 unspecified atom stereocenters. The van der Waals surface area contributed by atoms with Gasteiger partial charge in [0.25, 0.3) is 0 Å². The molecule has 0 atom stereocenters. The molecule has 1 aromatic rings. The van der Waals surface area contributed by atoms with Crippen molar-refractivity contribution in [3.63, 3.8) is 0 Å². The quantitative estimate of drug-likeness (QED) is 0.486. The Balaban J connectivity index is 1.84. The molecular formula is C25H42N4O2. The van der Waals surface area contributed by atoms with Crippen LogP contribution in [-0.4, -0.2) is 56.1 Å². The number of carbonyl (C=O) groups is 1. The van der Waals surface area contributed by atoms with Crippen LogP contribution in [0.5, 0.6) is 5.75 Å². The van der Waals surface area contributed by atoms with Gasteiger partial charge >= 0.3 is 0 Å². The number of rotatable bonds is 8. The molecule has 2 rings (SSSR count). The largest absolute Gasteiger partial charge is 0.493 e. The number of piperidine rings is 1. The Bertz CT molecular complexity index is 718. The molecule has 174 valence electrons. The second-order valence-electron chi connectivity index (χ2n) is 9.94. The summed E-state index contributed by atoms with van der Waals surface area (Å²) < 4.78 is 5.80. The Morgan fingerprint density at radius 3 is 2.29 bits per heavy atom. The van der Waals surface area contributed by atoms with Gasteiger partial charge in [-0.3, -0.25) is 9.79 Å². The number of amides is 1. The third-order valence-electron chi connectivity index (χ3n) is 5.78. The molecule has 1 aromatic carbocycles. The van der Waals surface area contributed by atoms with Gasteiger partial charge in [-0.05, 0) is 36.5 Å². The molecule has 1 aliphatic heterocycles. The summed E-state index contributed by atoms with van der Waals surface area (Å²) in [5.74, 6) is 2.57.